The maximum Gasteiger partial charge on any atom is 0.243 e. The fourth-order valence-electron chi connectivity index (χ4n) is 3.42. The van der Waals surface area contributed by atoms with Crippen molar-refractivity contribution in [2.24, 2.45) is 0 Å². The van der Waals surface area contributed by atoms with E-state index in [1.165, 1.54) is 22.3 Å². The van der Waals surface area contributed by atoms with Crippen molar-refractivity contribution in [1.29, 1.82) is 0 Å². The smallest absolute Gasteiger partial charge is 0.243 e. The summed E-state index contributed by atoms with van der Waals surface area (Å²) in [6, 6.07) is 17.4. The van der Waals surface area contributed by atoms with Gasteiger partial charge in [0.25, 0.3) is 0 Å². The quantitative estimate of drug-likeness (QED) is 0.681. The van der Waals surface area contributed by atoms with E-state index in [1.54, 1.807) is 0 Å². The van der Waals surface area contributed by atoms with Crippen molar-refractivity contribution in [3.8, 4) is 11.1 Å². The van der Waals surface area contributed by atoms with Crippen molar-refractivity contribution in [2.75, 3.05) is 0 Å². The van der Waals surface area contributed by atoms with E-state index in [0.717, 1.165) is 18.9 Å². The molecule has 0 N–H and O–H groups in total. The number of aromatic nitrogens is 2. The lowest BCUT2D eigenvalue weighted by atomic mass is 9.97. The lowest BCUT2D eigenvalue weighted by molar-refractivity contribution is 0.158. The molecule has 1 aromatic heterocycles. The van der Waals surface area contributed by atoms with Crippen LogP contribution in [0.15, 0.2) is 53.1 Å². The van der Waals surface area contributed by atoms with Crippen LogP contribution in [-0.2, 0) is 13.1 Å². The molecule has 25 heavy (non-hydrogen) atoms. The molecule has 1 aliphatic heterocycles. The largest absolute Gasteiger partial charge is 0.338 e. The number of benzene rings is 2. The summed E-state index contributed by atoms with van der Waals surface area (Å²) < 4.78 is 5.55. The van der Waals surface area contributed by atoms with Crippen LogP contribution in [0.2, 0.25) is 0 Å². The van der Waals surface area contributed by atoms with Gasteiger partial charge in [-0.15, -0.1) is 0 Å². The Morgan fingerprint density at radius 3 is 1.96 bits per heavy atom. The Hall–Kier alpha value is -2.46. The first-order chi connectivity index (χ1) is 12.1. The van der Waals surface area contributed by atoms with E-state index in [4.69, 9.17) is 4.52 Å². The second-order valence-corrected chi connectivity index (χ2v) is 7.04. The van der Waals surface area contributed by atoms with Gasteiger partial charge in [0, 0.05) is 19.0 Å². The summed E-state index contributed by atoms with van der Waals surface area (Å²) in [4.78, 5) is 7.01. The molecule has 0 radical (unpaired) electrons. The van der Waals surface area contributed by atoms with Gasteiger partial charge in [-0.2, -0.15) is 4.98 Å². The highest BCUT2D eigenvalue weighted by Gasteiger charge is 2.26. The minimum absolute atomic E-state index is 0.0687. The minimum atomic E-state index is 0.0687. The van der Waals surface area contributed by atoms with Crippen molar-refractivity contribution in [1.82, 2.24) is 15.0 Å². The summed E-state index contributed by atoms with van der Waals surface area (Å²) in [6.45, 7) is 8.04. The Balaban J connectivity index is 1.72. The van der Waals surface area contributed by atoms with Gasteiger partial charge in [0.2, 0.25) is 5.89 Å². The molecule has 128 valence electrons. The topological polar surface area (TPSA) is 42.2 Å². The van der Waals surface area contributed by atoms with Crippen LogP contribution in [0.4, 0.5) is 0 Å². The minimum Gasteiger partial charge on any atom is -0.338 e. The summed E-state index contributed by atoms with van der Waals surface area (Å²) >= 11 is 0. The second-order valence-electron chi connectivity index (χ2n) is 7.04. The molecular formula is C21H23N3O. The Morgan fingerprint density at radius 2 is 1.44 bits per heavy atom. The van der Waals surface area contributed by atoms with Crippen molar-refractivity contribution in [3.05, 3.63) is 71.4 Å². The standard InChI is InChI=1S/C21H23N3O/c1-14(2)20-22-21(25-23-20)15(3)24-12-16-8-4-6-10-18(16)19-11-7-5-9-17(19)13-24/h4-11,14-15H,12-13H2,1-3H3/t15-/m0/s1. The van der Waals surface area contributed by atoms with Crippen molar-refractivity contribution >= 4 is 0 Å². The average Bonchev–Trinajstić information content (AvgIpc) is 3.05. The van der Waals surface area contributed by atoms with Crippen molar-refractivity contribution in [3.63, 3.8) is 0 Å². The highest BCUT2D eigenvalue weighted by atomic mass is 16.5. The first-order valence-electron chi connectivity index (χ1n) is 8.87. The third-order valence-corrected chi connectivity index (χ3v) is 4.95. The first-order valence-corrected chi connectivity index (χ1v) is 8.87. The van der Waals surface area contributed by atoms with Gasteiger partial charge in [-0.3, -0.25) is 4.90 Å². The summed E-state index contributed by atoms with van der Waals surface area (Å²) in [5, 5.41) is 4.13. The van der Waals surface area contributed by atoms with Crippen LogP contribution in [0.25, 0.3) is 11.1 Å². The molecule has 0 saturated heterocycles. The molecule has 1 aliphatic rings. The highest BCUT2D eigenvalue weighted by molar-refractivity contribution is 5.71. The molecule has 4 heteroatoms. The lowest BCUT2D eigenvalue weighted by Gasteiger charge is -2.25. The van der Waals surface area contributed by atoms with Crippen LogP contribution in [-0.4, -0.2) is 15.0 Å². The zero-order valence-corrected chi connectivity index (χ0v) is 14.9. The van der Waals surface area contributed by atoms with Gasteiger partial charge in [0.05, 0.1) is 6.04 Å². The fraction of sp³-hybridized carbons (Fsp3) is 0.333. The van der Waals surface area contributed by atoms with E-state index >= 15 is 0 Å². The third kappa shape index (κ3) is 2.98. The molecule has 4 rings (SSSR count). The average molecular weight is 333 g/mol. The molecule has 1 atom stereocenters. The van der Waals surface area contributed by atoms with E-state index in [1.807, 2.05) is 0 Å². The van der Waals surface area contributed by atoms with Crippen LogP contribution in [0, 0.1) is 0 Å². The van der Waals surface area contributed by atoms with E-state index in [0.29, 0.717) is 5.89 Å². The Labute approximate surface area is 148 Å². The molecule has 0 unspecified atom stereocenters. The number of nitrogens with zero attached hydrogens (tertiary/aromatic N) is 3. The van der Waals surface area contributed by atoms with Crippen LogP contribution in [0.1, 0.15) is 55.6 Å². The van der Waals surface area contributed by atoms with Gasteiger partial charge in [0.1, 0.15) is 0 Å². The summed E-state index contributed by atoms with van der Waals surface area (Å²) in [5.74, 6) is 1.74. The number of rotatable bonds is 3. The maximum absolute atomic E-state index is 5.55. The molecule has 0 fully saturated rings. The van der Waals surface area contributed by atoms with Crippen molar-refractivity contribution in [2.45, 2.75) is 45.8 Å². The van der Waals surface area contributed by atoms with Gasteiger partial charge >= 0.3 is 0 Å². The molecule has 2 aromatic carbocycles. The molecular weight excluding hydrogens is 310 g/mol. The lowest BCUT2D eigenvalue weighted by Crippen LogP contribution is -2.25. The first kappa shape index (κ1) is 16.0. The maximum atomic E-state index is 5.55. The Kier molecular flexibility index (Phi) is 4.14. The molecule has 0 amide bonds. The number of fused-ring (bicyclic) bond motifs is 3. The predicted octanol–water partition coefficient (Wildman–Crippen LogP) is 4.94. The predicted molar refractivity (Wildman–Crippen MR) is 97.9 cm³/mol. The highest BCUT2D eigenvalue weighted by Crippen LogP contribution is 2.35. The molecule has 2 heterocycles. The molecule has 0 spiro atoms. The van der Waals surface area contributed by atoms with Gasteiger partial charge < -0.3 is 4.52 Å². The van der Waals surface area contributed by atoms with E-state index in [-0.39, 0.29) is 12.0 Å². The van der Waals surface area contributed by atoms with E-state index in [9.17, 15) is 0 Å². The van der Waals surface area contributed by atoms with Crippen LogP contribution < -0.4 is 0 Å². The molecule has 4 nitrogen and oxygen atoms in total. The van der Waals surface area contributed by atoms with Gasteiger partial charge in [-0.05, 0) is 29.2 Å². The monoisotopic (exact) mass is 333 g/mol. The molecule has 3 aromatic rings. The molecule has 0 aliphatic carbocycles. The van der Waals surface area contributed by atoms with Gasteiger partial charge in [-0.25, -0.2) is 0 Å². The third-order valence-electron chi connectivity index (χ3n) is 4.95. The van der Waals surface area contributed by atoms with Crippen molar-refractivity contribution < 1.29 is 4.52 Å². The zero-order chi connectivity index (χ0) is 17.4. The number of hydrogen-bond donors (Lipinski definition) is 0. The summed E-state index contributed by atoms with van der Waals surface area (Å²) in [5.41, 5.74) is 5.31. The van der Waals surface area contributed by atoms with Gasteiger partial charge in [0.15, 0.2) is 5.82 Å². The number of hydrogen-bond acceptors (Lipinski definition) is 4. The Bertz CT molecular complexity index is 837. The molecule has 0 bridgehead atoms. The van der Waals surface area contributed by atoms with Crippen LogP contribution in [0.5, 0.6) is 0 Å². The van der Waals surface area contributed by atoms with E-state index in [2.05, 4.69) is 84.3 Å². The zero-order valence-electron chi connectivity index (χ0n) is 14.9. The van der Waals surface area contributed by atoms with Gasteiger partial charge in [-0.1, -0.05) is 67.5 Å². The normalized spacial score (nSPS) is 15.5. The Morgan fingerprint density at radius 1 is 0.880 bits per heavy atom. The molecule has 0 saturated carbocycles. The summed E-state index contributed by atoms with van der Waals surface area (Å²) in [6.07, 6.45) is 0. The van der Waals surface area contributed by atoms with E-state index < -0.39 is 0 Å². The fourth-order valence-corrected chi connectivity index (χ4v) is 3.42. The SMILES string of the molecule is CC(C)c1noc([C@H](C)N2Cc3ccccc3-c3ccccc3C2)n1. The van der Waals surface area contributed by atoms with Crippen LogP contribution >= 0.6 is 0 Å². The van der Waals surface area contributed by atoms with Crippen LogP contribution in [0.3, 0.4) is 0 Å². The summed E-state index contributed by atoms with van der Waals surface area (Å²) in [7, 11) is 0. The second kappa shape index (κ2) is 6.45.